The number of anilines is 1. The molecule has 0 atom stereocenters. The van der Waals surface area contributed by atoms with Gasteiger partial charge in [-0.05, 0) is 36.8 Å². The Hall–Kier alpha value is -2.85. The Morgan fingerprint density at radius 1 is 1.17 bits per heavy atom. The van der Waals surface area contributed by atoms with Gasteiger partial charge in [0, 0.05) is 26.4 Å². The maximum atomic E-state index is 12.7. The highest BCUT2D eigenvalue weighted by Gasteiger charge is 2.34. The Morgan fingerprint density at radius 2 is 1.93 bits per heavy atom. The predicted molar refractivity (Wildman–Crippen MR) is 108 cm³/mol. The zero-order valence-corrected chi connectivity index (χ0v) is 17.1. The van der Waals surface area contributed by atoms with Gasteiger partial charge in [-0.1, -0.05) is 23.9 Å². The molecule has 0 aliphatic carbocycles. The second-order valence-electron chi connectivity index (χ2n) is 6.48. The van der Waals surface area contributed by atoms with Crippen molar-refractivity contribution in [2.24, 2.45) is 0 Å². The number of carbonyl (C=O) groups is 2. The molecule has 2 heterocycles. The van der Waals surface area contributed by atoms with E-state index in [0.717, 1.165) is 16.0 Å². The number of amides is 2. The third kappa shape index (κ3) is 3.92. The van der Waals surface area contributed by atoms with Crippen LogP contribution in [0.4, 0.5) is 18.9 Å². The number of carbonyl (C=O) groups excluding carboxylic acids is 2. The highest BCUT2D eigenvalue weighted by molar-refractivity contribution is 7.99. The van der Waals surface area contributed by atoms with E-state index >= 15 is 0 Å². The number of aromatic nitrogens is 1. The molecule has 0 saturated heterocycles. The van der Waals surface area contributed by atoms with E-state index in [1.165, 1.54) is 11.8 Å². The zero-order chi connectivity index (χ0) is 21.5. The maximum absolute atomic E-state index is 12.7. The van der Waals surface area contributed by atoms with Crippen LogP contribution in [0, 0.1) is 6.92 Å². The number of benzene rings is 2. The van der Waals surface area contributed by atoms with Gasteiger partial charge in [-0.15, -0.1) is 11.3 Å². The van der Waals surface area contributed by atoms with E-state index in [-0.39, 0.29) is 12.5 Å². The van der Waals surface area contributed by atoms with Crippen LogP contribution < -0.4 is 10.6 Å². The molecule has 2 aromatic carbocycles. The van der Waals surface area contributed by atoms with Gasteiger partial charge in [-0.3, -0.25) is 9.59 Å². The van der Waals surface area contributed by atoms with Gasteiger partial charge in [-0.2, -0.15) is 13.2 Å². The molecule has 10 heteroatoms. The first kappa shape index (κ1) is 20.4. The van der Waals surface area contributed by atoms with Crippen LogP contribution in [0.5, 0.6) is 0 Å². The van der Waals surface area contributed by atoms with Crippen LogP contribution in [0.1, 0.15) is 36.2 Å². The Bertz CT molecular complexity index is 1160. The number of hydrogen-bond donors (Lipinski definition) is 2. The largest absolute Gasteiger partial charge is 0.443 e. The minimum Gasteiger partial charge on any atom is -0.347 e. The van der Waals surface area contributed by atoms with Gasteiger partial charge in [0.05, 0.1) is 17.8 Å². The summed E-state index contributed by atoms with van der Waals surface area (Å²) in [5, 5.41) is 4.53. The Balaban J connectivity index is 1.55. The van der Waals surface area contributed by atoms with Crippen LogP contribution in [-0.4, -0.2) is 16.8 Å². The molecule has 1 aliphatic heterocycles. The van der Waals surface area contributed by atoms with Gasteiger partial charge in [0.25, 0.3) is 11.8 Å². The lowest BCUT2D eigenvalue weighted by Crippen LogP contribution is -2.24. The van der Waals surface area contributed by atoms with E-state index in [1.807, 2.05) is 12.1 Å². The summed E-state index contributed by atoms with van der Waals surface area (Å²) in [5.74, 6) is -0.708. The molecule has 0 radical (unpaired) electrons. The molecule has 1 aromatic heterocycles. The smallest absolute Gasteiger partial charge is 0.347 e. The minimum atomic E-state index is -4.51. The average Bonchev–Trinajstić information content (AvgIpc) is 3.13. The third-order valence-electron chi connectivity index (χ3n) is 4.48. The fourth-order valence-corrected chi connectivity index (χ4v) is 4.81. The first-order valence-corrected chi connectivity index (χ1v) is 10.4. The molecule has 0 fully saturated rings. The molecule has 2 amide bonds. The molecule has 2 N–H and O–H groups in total. The molecule has 1 aliphatic rings. The summed E-state index contributed by atoms with van der Waals surface area (Å²) in [4.78, 5) is 30.5. The van der Waals surface area contributed by atoms with Crippen molar-refractivity contribution in [1.29, 1.82) is 0 Å². The van der Waals surface area contributed by atoms with Gasteiger partial charge in [0.1, 0.15) is 0 Å². The van der Waals surface area contributed by atoms with Crippen LogP contribution in [0.25, 0.3) is 0 Å². The highest BCUT2D eigenvalue weighted by Crippen LogP contribution is 2.41. The van der Waals surface area contributed by atoms with Crippen molar-refractivity contribution in [1.82, 2.24) is 10.3 Å². The van der Waals surface area contributed by atoms with E-state index in [4.69, 9.17) is 0 Å². The van der Waals surface area contributed by atoms with Crippen molar-refractivity contribution in [3.63, 3.8) is 0 Å². The summed E-state index contributed by atoms with van der Waals surface area (Å²) in [5.41, 5.74) is 2.01. The fourth-order valence-electron chi connectivity index (χ4n) is 3.00. The standard InChI is InChI=1S/C20H14F3N3O2S2/c1-10-12(17(27)24-8-11-9-25-19(29-11)20(21,22)23)6-7-15-16(10)26-18(28)13-4-2-3-5-14(13)30-15/h2-7,9H,8H2,1H3,(H,24,27)(H,26,28). The molecule has 0 saturated carbocycles. The average molecular weight is 449 g/mol. The first-order chi connectivity index (χ1) is 14.2. The van der Waals surface area contributed by atoms with Gasteiger partial charge >= 0.3 is 6.18 Å². The number of rotatable bonds is 3. The molecular formula is C20H14F3N3O2S2. The monoisotopic (exact) mass is 449 g/mol. The van der Waals surface area contributed by atoms with Crippen molar-refractivity contribution < 1.29 is 22.8 Å². The summed E-state index contributed by atoms with van der Waals surface area (Å²) in [6.45, 7) is 1.65. The normalized spacial score (nSPS) is 13.1. The summed E-state index contributed by atoms with van der Waals surface area (Å²) in [6.07, 6.45) is -3.40. The van der Waals surface area contributed by atoms with Crippen molar-refractivity contribution in [2.75, 3.05) is 5.32 Å². The van der Waals surface area contributed by atoms with E-state index < -0.39 is 17.1 Å². The molecule has 0 bridgehead atoms. The molecule has 4 rings (SSSR count). The number of fused-ring (bicyclic) bond motifs is 2. The second-order valence-corrected chi connectivity index (χ2v) is 8.67. The molecule has 3 aromatic rings. The molecule has 0 unspecified atom stereocenters. The summed E-state index contributed by atoms with van der Waals surface area (Å²) in [7, 11) is 0. The summed E-state index contributed by atoms with van der Waals surface area (Å²) < 4.78 is 38.0. The molecular weight excluding hydrogens is 435 g/mol. The minimum absolute atomic E-state index is 0.0738. The van der Waals surface area contributed by atoms with Gasteiger partial charge in [0.15, 0.2) is 5.01 Å². The van der Waals surface area contributed by atoms with Gasteiger partial charge in [0.2, 0.25) is 0 Å². The lowest BCUT2D eigenvalue weighted by Gasteiger charge is -2.14. The van der Waals surface area contributed by atoms with E-state index in [9.17, 15) is 22.8 Å². The summed E-state index contributed by atoms with van der Waals surface area (Å²) >= 11 is 1.92. The Kier molecular flexibility index (Phi) is 5.29. The predicted octanol–water partition coefficient (Wildman–Crippen LogP) is 5.12. The second kappa shape index (κ2) is 7.77. The van der Waals surface area contributed by atoms with Crippen LogP contribution >= 0.6 is 23.1 Å². The zero-order valence-electron chi connectivity index (χ0n) is 15.5. The molecule has 30 heavy (non-hydrogen) atoms. The lowest BCUT2D eigenvalue weighted by molar-refractivity contribution is -0.137. The molecule has 154 valence electrons. The van der Waals surface area contributed by atoms with Crippen molar-refractivity contribution in [2.45, 2.75) is 29.4 Å². The van der Waals surface area contributed by atoms with Crippen molar-refractivity contribution in [3.8, 4) is 0 Å². The van der Waals surface area contributed by atoms with E-state index in [0.29, 0.717) is 38.6 Å². The Morgan fingerprint density at radius 3 is 2.67 bits per heavy atom. The highest BCUT2D eigenvalue weighted by atomic mass is 32.2. The van der Waals surface area contributed by atoms with Gasteiger partial charge in [-0.25, -0.2) is 4.98 Å². The maximum Gasteiger partial charge on any atom is 0.443 e. The van der Waals surface area contributed by atoms with Gasteiger partial charge < -0.3 is 10.6 Å². The number of alkyl halides is 3. The summed E-state index contributed by atoms with van der Waals surface area (Å²) in [6, 6.07) is 10.6. The van der Waals surface area contributed by atoms with E-state index in [2.05, 4.69) is 15.6 Å². The quantitative estimate of drug-likeness (QED) is 0.583. The van der Waals surface area contributed by atoms with Crippen molar-refractivity contribution >= 4 is 40.6 Å². The number of nitrogens with one attached hydrogen (secondary N) is 2. The third-order valence-corrected chi connectivity index (χ3v) is 6.66. The topological polar surface area (TPSA) is 71.1 Å². The number of hydrogen-bond acceptors (Lipinski definition) is 5. The van der Waals surface area contributed by atoms with Crippen LogP contribution in [0.3, 0.4) is 0 Å². The number of nitrogens with zero attached hydrogens (tertiary/aromatic N) is 1. The Labute approximate surface area is 177 Å². The van der Waals surface area contributed by atoms with E-state index in [1.54, 1.807) is 31.2 Å². The number of thiazole rings is 1. The fraction of sp³-hybridized carbons (Fsp3) is 0.150. The van der Waals surface area contributed by atoms with Crippen LogP contribution in [-0.2, 0) is 12.7 Å². The first-order valence-electron chi connectivity index (χ1n) is 8.76. The van der Waals surface area contributed by atoms with Crippen molar-refractivity contribution in [3.05, 3.63) is 69.2 Å². The molecule has 5 nitrogen and oxygen atoms in total. The lowest BCUT2D eigenvalue weighted by atomic mass is 10.1. The number of halogens is 3. The van der Waals surface area contributed by atoms with Crippen LogP contribution in [0.15, 0.2) is 52.4 Å². The van der Waals surface area contributed by atoms with Crippen LogP contribution in [0.2, 0.25) is 0 Å². The SMILES string of the molecule is Cc1c(C(=O)NCc2cnc(C(F)(F)F)s2)ccc2c1NC(=O)c1ccccc1S2. The molecule has 0 spiro atoms.